The third-order valence-electron chi connectivity index (χ3n) is 2.39. The molecule has 0 aliphatic carbocycles. The van der Waals surface area contributed by atoms with Crippen molar-refractivity contribution >= 4 is 80.5 Å². The molecule has 6 N–H and O–H groups in total. The van der Waals surface area contributed by atoms with E-state index < -0.39 is 23.9 Å². The van der Waals surface area contributed by atoms with Gasteiger partial charge in [0.05, 0.1) is 12.8 Å². The maximum Gasteiger partial charge on any atom is 1.00 e. The van der Waals surface area contributed by atoms with Crippen LogP contribution in [0.15, 0.2) is 0 Å². The molecule has 0 amide bonds. The van der Waals surface area contributed by atoms with Gasteiger partial charge in [0.1, 0.15) is 0 Å². The molecule has 16 heteroatoms. The van der Waals surface area contributed by atoms with Crippen LogP contribution in [0, 0.1) is 0 Å². The van der Waals surface area contributed by atoms with Gasteiger partial charge in [0.15, 0.2) is 0 Å². The number of carboxylic acids is 4. The summed E-state index contributed by atoms with van der Waals surface area (Å²) in [4.78, 5) is 40.5. The molecule has 30 heavy (non-hydrogen) atoms. The van der Waals surface area contributed by atoms with E-state index in [1.807, 2.05) is 0 Å². The maximum absolute atomic E-state index is 10.1. The van der Waals surface area contributed by atoms with Gasteiger partial charge < -0.3 is 54.6 Å². The largest absolute Gasteiger partial charge is 1.00 e. The van der Waals surface area contributed by atoms with Crippen LogP contribution in [0.4, 0.5) is 0 Å². The quantitative estimate of drug-likeness (QED) is 0.0620. The molecule has 0 bridgehead atoms. The summed E-state index contributed by atoms with van der Waals surface area (Å²) in [6.07, 6.45) is 0.161. The Morgan fingerprint density at radius 3 is 1.10 bits per heavy atom. The van der Waals surface area contributed by atoms with Gasteiger partial charge in [-0.25, -0.2) is 0 Å². The van der Waals surface area contributed by atoms with Crippen LogP contribution in [0.5, 0.6) is 0 Å². The van der Waals surface area contributed by atoms with Crippen LogP contribution >= 0.6 is 24.4 Å². The fourth-order valence-corrected chi connectivity index (χ4v) is 3.38. The summed E-state index contributed by atoms with van der Waals surface area (Å²) >= 11 is 11.1. The minimum atomic E-state index is -0.887. The number of nitrogens with one attached hydrogen (secondary N) is 2. The Balaban J connectivity index is -0.000000211. The van der Waals surface area contributed by atoms with Gasteiger partial charge in [-0.05, 0) is 8.64 Å². The number of aliphatic carboxylic acids is 4. The second kappa shape index (κ2) is 25.6. The first-order chi connectivity index (χ1) is 13.0. The van der Waals surface area contributed by atoms with E-state index in [0.717, 1.165) is 23.5 Å². The summed E-state index contributed by atoms with van der Waals surface area (Å²) in [5.74, 6) is -2.58. The molecule has 0 spiro atoms. The molecule has 0 saturated heterocycles. The Labute approximate surface area is 237 Å². The van der Waals surface area contributed by atoms with Crippen LogP contribution in [0.25, 0.3) is 0 Å². The number of thiocarbonyl (C=S) groups is 2. The first-order valence-electron chi connectivity index (χ1n) is 7.82. The number of hydrogen-bond donors (Lipinski definition) is 6. The summed E-state index contributed by atoms with van der Waals surface area (Å²) in [6.45, 7) is 0.572. The van der Waals surface area contributed by atoms with Gasteiger partial charge in [-0.1, -0.05) is 24.4 Å². The molecule has 0 aliphatic rings. The standard InChI is InChI=1S/2C7H12NO4S2.2Na/c2*9-5(10)1-3-8-7(13)14-4-2-6(11)12;;/h2*14H,1-4H2,(H,8,13)(H,9,10)(H,11,12);;/q2*-1;2*+1. The minimum Gasteiger partial charge on any atom is -0.481 e. The van der Waals surface area contributed by atoms with Crippen LogP contribution in [-0.4, -0.2) is 77.5 Å². The van der Waals surface area contributed by atoms with Crippen LogP contribution in [0.3, 0.4) is 0 Å². The number of rotatable bonds is 12. The van der Waals surface area contributed by atoms with Crippen LogP contribution in [0.1, 0.15) is 25.7 Å². The molecule has 0 unspecified atom stereocenters. The molecule has 0 aromatic rings. The van der Waals surface area contributed by atoms with Gasteiger partial charge in [0.25, 0.3) is 0 Å². The summed E-state index contributed by atoms with van der Waals surface area (Å²) in [5, 5.41) is 38.7. The van der Waals surface area contributed by atoms with Crippen molar-refractivity contribution in [2.75, 3.05) is 24.6 Å². The van der Waals surface area contributed by atoms with E-state index in [2.05, 4.69) is 10.6 Å². The van der Waals surface area contributed by atoms with Crippen molar-refractivity contribution in [1.82, 2.24) is 10.6 Å². The third kappa shape index (κ3) is 35.8. The summed E-state index contributed by atoms with van der Waals surface area (Å²) < 4.78 is 0.986. The Kier molecular flexibility index (Phi) is 32.2. The van der Waals surface area contributed by atoms with Gasteiger partial charge in [0.2, 0.25) is 0 Å². The van der Waals surface area contributed by atoms with E-state index in [1.165, 1.54) is 0 Å². The molecule has 0 heterocycles. The Bertz CT molecular complexity index is 478. The van der Waals surface area contributed by atoms with Crippen LogP contribution < -0.4 is 69.7 Å². The molecular weight excluding hydrogens is 498 g/mol. The topological polar surface area (TPSA) is 173 Å². The predicted molar refractivity (Wildman–Crippen MR) is 117 cm³/mol. The van der Waals surface area contributed by atoms with Crippen molar-refractivity contribution in [3.63, 3.8) is 0 Å². The Morgan fingerprint density at radius 2 is 0.867 bits per heavy atom. The predicted octanol–water partition coefficient (Wildman–Crippen LogP) is -6.74. The Morgan fingerprint density at radius 1 is 0.600 bits per heavy atom. The van der Waals surface area contributed by atoms with E-state index in [9.17, 15) is 19.2 Å². The van der Waals surface area contributed by atoms with Crippen molar-refractivity contribution in [3.05, 3.63) is 0 Å². The van der Waals surface area contributed by atoms with Gasteiger partial charge in [-0.2, -0.15) is 0 Å². The molecule has 0 aromatic carbocycles. The molecule has 164 valence electrons. The molecule has 0 fully saturated rings. The summed E-state index contributed by atoms with van der Waals surface area (Å²) in [7, 11) is 0. The molecular formula is C14H24N2Na2O8S4. The first-order valence-corrected chi connectivity index (χ1v) is 10.8. The zero-order chi connectivity index (χ0) is 21.9. The minimum absolute atomic E-state index is 0. The van der Waals surface area contributed by atoms with E-state index in [1.54, 1.807) is 0 Å². The number of carbonyl (C=O) groups is 4. The maximum atomic E-state index is 10.1. The fraction of sp³-hybridized carbons (Fsp3) is 0.571. The van der Waals surface area contributed by atoms with Crippen molar-refractivity contribution < 1.29 is 98.7 Å². The summed E-state index contributed by atoms with van der Waals surface area (Å²) in [6, 6.07) is 0. The van der Waals surface area contributed by atoms with Crippen molar-refractivity contribution in [1.29, 1.82) is 0 Å². The van der Waals surface area contributed by atoms with Gasteiger partial charge in [-0.15, -0.1) is 11.5 Å². The van der Waals surface area contributed by atoms with E-state index in [-0.39, 0.29) is 97.9 Å². The summed E-state index contributed by atoms with van der Waals surface area (Å²) in [5.41, 5.74) is 0. The SMILES string of the molecule is O=C(O)CCNC(=S)[SH-]CCC(=O)O.O=C(O)CCNC(=S)[SH-]CCC(=O)O.[Na+].[Na+]. The molecule has 0 saturated carbocycles. The average Bonchev–Trinajstić information content (AvgIpc) is 2.54. The van der Waals surface area contributed by atoms with Crippen molar-refractivity contribution in [2.45, 2.75) is 25.7 Å². The van der Waals surface area contributed by atoms with E-state index in [0.29, 0.717) is 20.1 Å². The number of thiol groups is 2. The second-order valence-corrected chi connectivity index (χ2v) is 8.65. The van der Waals surface area contributed by atoms with Gasteiger partial charge in [0, 0.05) is 25.9 Å². The van der Waals surface area contributed by atoms with Crippen LogP contribution in [0.2, 0.25) is 0 Å². The molecule has 0 rings (SSSR count). The number of carboxylic acid groups (broad SMARTS) is 4. The third-order valence-corrected chi connectivity index (χ3v) is 5.24. The zero-order valence-electron chi connectivity index (χ0n) is 16.8. The fourth-order valence-electron chi connectivity index (χ4n) is 1.17. The normalized spacial score (nSPS) is 9.07. The van der Waals surface area contributed by atoms with E-state index in [4.69, 9.17) is 44.9 Å². The Hall–Kier alpha value is 0.360. The first kappa shape index (κ1) is 37.7. The average molecular weight is 523 g/mol. The van der Waals surface area contributed by atoms with Crippen molar-refractivity contribution in [3.8, 4) is 0 Å². The van der Waals surface area contributed by atoms with Crippen molar-refractivity contribution in [2.24, 2.45) is 0 Å². The molecule has 10 nitrogen and oxygen atoms in total. The monoisotopic (exact) mass is 522 g/mol. The van der Waals surface area contributed by atoms with Gasteiger partial charge in [-0.3, -0.25) is 19.2 Å². The van der Waals surface area contributed by atoms with Gasteiger partial charge >= 0.3 is 83.0 Å². The molecule has 0 aliphatic heterocycles. The zero-order valence-corrected chi connectivity index (χ0v) is 24.2. The molecule has 0 atom stereocenters. The second-order valence-electron chi connectivity index (χ2n) is 4.80. The van der Waals surface area contributed by atoms with Crippen LogP contribution in [-0.2, 0) is 42.7 Å². The smallest absolute Gasteiger partial charge is 0.481 e. The van der Waals surface area contributed by atoms with E-state index >= 15 is 0 Å². The molecule has 0 aromatic heterocycles. The molecule has 0 radical (unpaired) electrons. The number of hydrogen-bond acceptors (Lipinski definition) is 8.